The van der Waals surface area contributed by atoms with Crippen LogP contribution in [0.5, 0.6) is 0 Å². The normalized spacial score (nSPS) is 16.8. The predicted molar refractivity (Wildman–Crippen MR) is 68.0 cm³/mol. The van der Waals surface area contributed by atoms with Gasteiger partial charge in [0.2, 0.25) is 0 Å². The van der Waals surface area contributed by atoms with Crippen LogP contribution in [0.4, 0.5) is 5.82 Å². The quantitative estimate of drug-likeness (QED) is 0.880. The second-order valence-electron chi connectivity index (χ2n) is 4.60. The second kappa shape index (κ2) is 5.82. The number of methoxy groups -OCH3 is 1. The Hall–Kier alpha value is -1.62. The lowest BCUT2D eigenvalue weighted by atomic mass is 9.98. The number of carboxylic acids is 1. The highest BCUT2D eigenvalue weighted by molar-refractivity contribution is 5.87. The van der Waals surface area contributed by atoms with Crippen LogP contribution < -0.4 is 4.90 Å². The van der Waals surface area contributed by atoms with Crippen LogP contribution in [0, 0.1) is 5.92 Å². The number of aromatic carboxylic acids is 1. The zero-order valence-corrected chi connectivity index (χ0v) is 10.5. The van der Waals surface area contributed by atoms with E-state index in [1.165, 1.54) is 6.20 Å². The molecule has 0 aliphatic carbocycles. The largest absolute Gasteiger partial charge is 0.478 e. The number of carbonyl (C=O) groups is 1. The number of aromatic nitrogens is 1. The molecule has 1 fully saturated rings. The van der Waals surface area contributed by atoms with E-state index in [2.05, 4.69) is 9.88 Å². The van der Waals surface area contributed by atoms with Crippen molar-refractivity contribution in [3.8, 4) is 0 Å². The van der Waals surface area contributed by atoms with Crippen molar-refractivity contribution in [2.45, 2.75) is 12.8 Å². The molecule has 1 aliphatic heterocycles. The van der Waals surface area contributed by atoms with Crippen molar-refractivity contribution in [2.24, 2.45) is 5.92 Å². The van der Waals surface area contributed by atoms with Crippen molar-refractivity contribution in [1.82, 2.24) is 4.98 Å². The van der Waals surface area contributed by atoms with Crippen molar-refractivity contribution in [3.05, 3.63) is 23.9 Å². The van der Waals surface area contributed by atoms with E-state index in [-0.39, 0.29) is 5.56 Å². The van der Waals surface area contributed by atoms with E-state index in [0.29, 0.717) is 5.92 Å². The number of hydrogen-bond acceptors (Lipinski definition) is 4. The Morgan fingerprint density at radius 3 is 2.72 bits per heavy atom. The van der Waals surface area contributed by atoms with Crippen LogP contribution >= 0.6 is 0 Å². The number of anilines is 1. The third-order valence-corrected chi connectivity index (χ3v) is 3.34. The Morgan fingerprint density at radius 1 is 1.50 bits per heavy atom. The number of hydrogen-bond donors (Lipinski definition) is 1. The highest BCUT2D eigenvalue weighted by Crippen LogP contribution is 2.21. The van der Waals surface area contributed by atoms with Gasteiger partial charge in [0, 0.05) is 33.0 Å². The van der Waals surface area contributed by atoms with Gasteiger partial charge in [-0.2, -0.15) is 0 Å². The van der Waals surface area contributed by atoms with Crippen LogP contribution in [0.2, 0.25) is 0 Å². The molecule has 0 atom stereocenters. The van der Waals surface area contributed by atoms with Gasteiger partial charge in [-0.15, -0.1) is 0 Å². The van der Waals surface area contributed by atoms with Crippen LogP contribution in [-0.2, 0) is 4.74 Å². The Morgan fingerprint density at radius 2 is 2.22 bits per heavy atom. The summed E-state index contributed by atoms with van der Waals surface area (Å²) in [6.45, 7) is 2.72. The Bertz CT molecular complexity index is 397. The number of pyridine rings is 1. The zero-order chi connectivity index (χ0) is 13.0. The molecule has 1 aromatic rings. The molecule has 5 heteroatoms. The fourth-order valence-corrected chi connectivity index (χ4v) is 2.26. The predicted octanol–water partition coefficient (Wildman–Crippen LogP) is 1.64. The molecule has 18 heavy (non-hydrogen) atoms. The van der Waals surface area contributed by atoms with Crippen LogP contribution in [0.25, 0.3) is 0 Å². The number of nitrogens with zero attached hydrogens (tertiary/aromatic N) is 2. The topological polar surface area (TPSA) is 62.7 Å². The van der Waals surface area contributed by atoms with E-state index in [1.54, 1.807) is 19.2 Å². The first-order chi connectivity index (χ1) is 8.70. The number of carboxylic acid groups (broad SMARTS) is 1. The number of rotatable bonds is 4. The minimum absolute atomic E-state index is 0.230. The van der Waals surface area contributed by atoms with Gasteiger partial charge in [0.05, 0.1) is 5.56 Å². The first kappa shape index (κ1) is 12.8. The summed E-state index contributed by atoms with van der Waals surface area (Å²) in [5.41, 5.74) is 0.230. The molecule has 0 spiro atoms. The lowest BCUT2D eigenvalue weighted by molar-refractivity contribution is 0.0696. The lowest BCUT2D eigenvalue weighted by Gasteiger charge is -2.32. The molecule has 0 bridgehead atoms. The molecule has 0 radical (unpaired) electrons. The van der Waals surface area contributed by atoms with E-state index in [4.69, 9.17) is 9.84 Å². The van der Waals surface area contributed by atoms with Gasteiger partial charge in [-0.25, -0.2) is 9.78 Å². The number of ether oxygens (including phenoxy) is 1. The van der Waals surface area contributed by atoms with Crippen molar-refractivity contribution in [3.63, 3.8) is 0 Å². The Labute approximate surface area is 106 Å². The maximum atomic E-state index is 10.7. The average molecular weight is 250 g/mol. The van der Waals surface area contributed by atoms with E-state index >= 15 is 0 Å². The minimum Gasteiger partial charge on any atom is -0.478 e. The van der Waals surface area contributed by atoms with Crippen LogP contribution in [-0.4, -0.2) is 42.9 Å². The highest BCUT2D eigenvalue weighted by Gasteiger charge is 2.20. The van der Waals surface area contributed by atoms with Crippen LogP contribution in [0.15, 0.2) is 18.3 Å². The number of piperidine rings is 1. The molecular weight excluding hydrogens is 232 g/mol. The Balaban J connectivity index is 1.95. The van der Waals surface area contributed by atoms with Crippen molar-refractivity contribution in [1.29, 1.82) is 0 Å². The molecule has 2 heterocycles. The average Bonchev–Trinajstić information content (AvgIpc) is 2.40. The van der Waals surface area contributed by atoms with Crippen molar-refractivity contribution >= 4 is 11.8 Å². The van der Waals surface area contributed by atoms with Gasteiger partial charge in [-0.05, 0) is 30.9 Å². The van der Waals surface area contributed by atoms with E-state index in [0.717, 1.165) is 38.4 Å². The molecular formula is C13H18N2O3. The fraction of sp³-hybridized carbons (Fsp3) is 0.538. The van der Waals surface area contributed by atoms with Gasteiger partial charge in [-0.1, -0.05) is 0 Å². The smallest absolute Gasteiger partial charge is 0.337 e. The third kappa shape index (κ3) is 2.98. The van der Waals surface area contributed by atoms with Gasteiger partial charge in [0.25, 0.3) is 0 Å². The molecule has 1 N–H and O–H groups in total. The van der Waals surface area contributed by atoms with Crippen molar-refractivity contribution in [2.75, 3.05) is 31.7 Å². The van der Waals surface area contributed by atoms with Gasteiger partial charge >= 0.3 is 5.97 Å². The van der Waals surface area contributed by atoms with E-state index < -0.39 is 5.97 Å². The molecule has 98 valence electrons. The molecule has 2 rings (SSSR count). The summed E-state index contributed by atoms with van der Waals surface area (Å²) < 4.78 is 5.16. The molecule has 0 amide bonds. The Kier molecular flexibility index (Phi) is 4.15. The summed E-state index contributed by atoms with van der Waals surface area (Å²) in [5.74, 6) is 0.549. The first-order valence-corrected chi connectivity index (χ1v) is 6.14. The highest BCUT2D eigenvalue weighted by atomic mass is 16.5. The summed E-state index contributed by atoms with van der Waals surface area (Å²) in [6.07, 6.45) is 3.60. The SMILES string of the molecule is COCC1CCN(c2ccc(C(=O)O)cn2)CC1. The van der Waals surface area contributed by atoms with Gasteiger partial charge in [0.1, 0.15) is 5.82 Å². The summed E-state index contributed by atoms with van der Waals surface area (Å²) >= 11 is 0. The molecule has 0 unspecified atom stereocenters. The summed E-state index contributed by atoms with van der Waals surface area (Å²) in [6, 6.07) is 3.38. The van der Waals surface area contributed by atoms with Crippen molar-refractivity contribution < 1.29 is 14.6 Å². The zero-order valence-electron chi connectivity index (χ0n) is 10.5. The van der Waals surface area contributed by atoms with E-state index in [9.17, 15) is 4.79 Å². The molecule has 0 saturated carbocycles. The summed E-state index contributed by atoms with van der Waals surface area (Å²) in [4.78, 5) is 17.1. The van der Waals surface area contributed by atoms with Gasteiger partial charge in [0.15, 0.2) is 0 Å². The maximum absolute atomic E-state index is 10.7. The molecule has 0 aromatic carbocycles. The van der Waals surface area contributed by atoms with Gasteiger partial charge < -0.3 is 14.7 Å². The van der Waals surface area contributed by atoms with Crippen LogP contribution in [0.3, 0.4) is 0 Å². The minimum atomic E-state index is -0.937. The second-order valence-corrected chi connectivity index (χ2v) is 4.60. The standard InChI is InChI=1S/C13H18N2O3/c1-18-9-10-4-6-15(7-5-10)12-3-2-11(8-14-12)13(16)17/h2-3,8,10H,4-7,9H2,1H3,(H,16,17). The lowest BCUT2D eigenvalue weighted by Crippen LogP contribution is -2.35. The van der Waals surface area contributed by atoms with E-state index in [1.807, 2.05) is 0 Å². The van der Waals surface area contributed by atoms with Gasteiger partial charge in [-0.3, -0.25) is 0 Å². The summed E-state index contributed by atoms with van der Waals surface area (Å²) in [5, 5.41) is 8.81. The first-order valence-electron chi connectivity index (χ1n) is 6.14. The molecule has 1 saturated heterocycles. The summed E-state index contributed by atoms with van der Waals surface area (Å²) in [7, 11) is 1.73. The molecule has 1 aliphatic rings. The molecule has 1 aromatic heterocycles. The fourth-order valence-electron chi connectivity index (χ4n) is 2.26. The van der Waals surface area contributed by atoms with Crippen LogP contribution in [0.1, 0.15) is 23.2 Å². The molecule has 5 nitrogen and oxygen atoms in total. The maximum Gasteiger partial charge on any atom is 0.337 e. The third-order valence-electron chi connectivity index (χ3n) is 3.34. The monoisotopic (exact) mass is 250 g/mol.